The van der Waals surface area contributed by atoms with Gasteiger partial charge < -0.3 is 20.6 Å². The maximum Gasteiger partial charge on any atom is 0.233 e. The predicted molar refractivity (Wildman–Crippen MR) is 72.9 cm³/mol. The summed E-state index contributed by atoms with van der Waals surface area (Å²) in [4.78, 5) is 14.0. The van der Waals surface area contributed by atoms with E-state index in [0.717, 1.165) is 19.4 Å². The smallest absolute Gasteiger partial charge is 0.233 e. The van der Waals surface area contributed by atoms with Crippen LogP contribution in [-0.4, -0.2) is 48.7 Å². The van der Waals surface area contributed by atoms with E-state index >= 15 is 0 Å². The van der Waals surface area contributed by atoms with Crippen LogP contribution in [0.1, 0.15) is 26.7 Å². The second-order valence-corrected chi connectivity index (χ2v) is 5.55. The molecule has 0 aromatic carbocycles. The fraction of sp³-hybridized carbons (Fsp3) is 0.846. The number of carbonyl (C=O) groups excluding carboxylic acids is 1. The molecular weight excluding hydrogens is 246 g/mol. The van der Waals surface area contributed by atoms with E-state index in [4.69, 9.17) is 15.7 Å². The Morgan fingerprint density at radius 2 is 2.26 bits per heavy atom. The molecule has 1 rings (SSSR count). The highest BCUT2D eigenvalue weighted by Gasteiger charge is 2.30. The number of rotatable bonds is 5. The van der Waals surface area contributed by atoms with Gasteiger partial charge in [-0.3, -0.25) is 4.79 Å². The molecule has 6 nitrogen and oxygen atoms in total. The summed E-state index contributed by atoms with van der Waals surface area (Å²) in [7, 11) is 1.76. The van der Waals surface area contributed by atoms with Gasteiger partial charge in [0.25, 0.3) is 0 Å². The van der Waals surface area contributed by atoms with Crippen LogP contribution in [0.4, 0.5) is 0 Å². The molecule has 0 aromatic rings. The molecule has 1 aliphatic heterocycles. The largest absolute Gasteiger partial charge is 0.409 e. The molecule has 0 aliphatic carbocycles. The highest BCUT2D eigenvalue weighted by atomic mass is 16.5. The molecular formula is C13H25N3O3. The Hall–Kier alpha value is -1.30. The zero-order valence-electron chi connectivity index (χ0n) is 12.0. The van der Waals surface area contributed by atoms with E-state index in [-0.39, 0.29) is 17.7 Å². The molecule has 6 heteroatoms. The van der Waals surface area contributed by atoms with Gasteiger partial charge in [0.05, 0.1) is 6.61 Å². The molecule has 1 saturated heterocycles. The van der Waals surface area contributed by atoms with Crippen LogP contribution < -0.4 is 5.73 Å². The summed E-state index contributed by atoms with van der Waals surface area (Å²) in [5.41, 5.74) is 5.62. The highest BCUT2D eigenvalue weighted by Crippen LogP contribution is 2.18. The van der Waals surface area contributed by atoms with E-state index in [1.165, 1.54) is 0 Å². The van der Waals surface area contributed by atoms with Crippen molar-refractivity contribution < 1.29 is 14.7 Å². The molecule has 0 saturated carbocycles. The Morgan fingerprint density at radius 3 is 2.74 bits per heavy atom. The summed E-state index contributed by atoms with van der Waals surface area (Å²) in [6.07, 6.45) is 2.12. The quantitative estimate of drug-likeness (QED) is 0.336. The number of oxime groups is 1. The molecule has 1 amide bonds. The first-order valence-electron chi connectivity index (χ1n) is 6.77. The Labute approximate surface area is 114 Å². The molecule has 0 bridgehead atoms. The van der Waals surface area contributed by atoms with Crippen molar-refractivity contribution in [2.45, 2.75) is 26.7 Å². The van der Waals surface area contributed by atoms with Gasteiger partial charge in [0, 0.05) is 20.2 Å². The van der Waals surface area contributed by atoms with Crippen molar-refractivity contribution >= 4 is 11.7 Å². The number of ether oxygens (including phenoxy) is 1. The lowest BCUT2D eigenvalue weighted by Crippen LogP contribution is -2.45. The monoisotopic (exact) mass is 271 g/mol. The number of hydrogen-bond acceptors (Lipinski definition) is 4. The molecule has 1 heterocycles. The maximum absolute atomic E-state index is 12.4. The summed E-state index contributed by atoms with van der Waals surface area (Å²) in [5, 5.41) is 11.8. The van der Waals surface area contributed by atoms with Crippen LogP contribution in [0.3, 0.4) is 0 Å². The minimum absolute atomic E-state index is 0.00606. The Bertz CT molecular complexity index is 325. The summed E-state index contributed by atoms with van der Waals surface area (Å²) < 4.78 is 5.41. The zero-order chi connectivity index (χ0) is 14.4. The first-order chi connectivity index (χ1) is 8.97. The fourth-order valence-electron chi connectivity index (χ4n) is 2.48. The van der Waals surface area contributed by atoms with E-state index in [1.54, 1.807) is 11.9 Å². The minimum Gasteiger partial charge on any atom is -0.409 e. The van der Waals surface area contributed by atoms with Gasteiger partial charge in [0.15, 0.2) is 5.84 Å². The third-order valence-electron chi connectivity index (χ3n) is 3.53. The van der Waals surface area contributed by atoms with Gasteiger partial charge in [-0.05, 0) is 24.7 Å². The van der Waals surface area contributed by atoms with E-state index in [9.17, 15) is 4.79 Å². The van der Waals surface area contributed by atoms with Crippen LogP contribution in [0.2, 0.25) is 0 Å². The number of hydrogen-bond donors (Lipinski definition) is 2. The molecule has 3 N–H and O–H groups in total. The lowest BCUT2D eigenvalue weighted by molar-refractivity contribution is -0.134. The maximum atomic E-state index is 12.4. The van der Waals surface area contributed by atoms with Gasteiger partial charge in [0.2, 0.25) is 5.91 Å². The minimum atomic E-state index is -0.570. The van der Waals surface area contributed by atoms with Crippen LogP contribution >= 0.6 is 0 Å². The van der Waals surface area contributed by atoms with E-state index in [0.29, 0.717) is 19.1 Å². The predicted octanol–water partition coefficient (Wildman–Crippen LogP) is 0.890. The Balaban J connectivity index is 2.62. The number of amidine groups is 1. The van der Waals surface area contributed by atoms with Crippen molar-refractivity contribution in [1.29, 1.82) is 0 Å². The standard InChI is InChI=1S/C13H25N3O3/c1-9(2)11(12(14)15-18)13(17)16(3)7-10-5-4-6-19-8-10/h9-11,18H,4-8H2,1-3H3,(H2,14,15). The molecule has 2 atom stereocenters. The molecule has 1 fully saturated rings. The van der Waals surface area contributed by atoms with Gasteiger partial charge in [-0.1, -0.05) is 19.0 Å². The first kappa shape index (κ1) is 15.8. The van der Waals surface area contributed by atoms with Crippen molar-refractivity contribution in [1.82, 2.24) is 4.90 Å². The Kier molecular flexibility index (Phi) is 6.08. The van der Waals surface area contributed by atoms with E-state index in [2.05, 4.69) is 5.16 Å². The summed E-state index contributed by atoms with van der Waals surface area (Å²) in [6, 6.07) is 0. The molecule has 110 valence electrons. The molecule has 19 heavy (non-hydrogen) atoms. The zero-order valence-corrected chi connectivity index (χ0v) is 12.0. The van der Waals surface area contributed by atoms with Gasteiger partial charge in [0.1, 0.15) is 5.92 Å². The number of nitrogens with zero attached hydrogens (tertiary/aromatic N) is 2. The van der Waals surface area contributed by atoms with E-state index in [1.807, 2.05) is 13.8 Å². The second-order valence-electron chi connectivity index (χ2n) is 5.55. The summed E-state index contributed by atoms with van der Waals surface area (Å²) in [5.74, 6) is -0.321. The second kappa shape index (κ2) is 7.33. The van der Waals surface area contributed by atoms with Crippen LogP contribution in [0.15, 0.2) is 5.16 Å². The molecule has 1 aliphatic rings. The first-order valence-corrected chi connectivity index (χ1v) is 6.77. The summed E-state index contributed by atoms with van der Waals surface area (Å²) >= 11 is 0. The molecule has 0 spiro atoms. The molecule has 2 unspecified atom stereocenters. The van der Waals surface area contributed by atoms with Crippen molar-refractivity contribution in [3.05, 3.63) is 0 Å². The van der Waals surface area contributed by atoms with Gasteiger partial charge >= 0.3 is 0 Å². The number of nitrogens with two attached hydrogens (primary N) is 1. The SMILES string of the molecule is CC(C)C(C(=O)N(C)CC1CCCOC1)C(N)=NO. The lowest BCUT2D eigenvalue weighted by Gasteiger charge is -2.30. The molecule has 0 aromatic heterocycles. The van der Waals surface area contributed by atoms with Gasteiger partial charge in [-0.25, -0.2) is 0 Å². The fourth-order valence-corrected chi connectivity index (χ4v) is 2.48. The van der Waals surface area contributed by atoms with Crippen molar-refractivity contribution in [3.8, 4) is 0 Å². The third-order valence-corrected chi connectivity index (χ3v) is 3.53. The van der Waals surface area contributed by atoms with Crippen molar-refractivity contribution in [2.24, 2.45) is 28.6 Å². The van der Waals surface area contributed by atoms with Crippen molar-refractivity contribution in [2.75, 3.05) is 26.8 Å². The van der Waals surface area contributed by atoms with Crippen molar-refractivity contribution in [3.63, 3.8) is 0 Å². The number of carbonyl (C=O) groups is 1. The molecule has 0 radical (unpaired) electrons. The highest BCUT2D eigenvalue weighted by molar-refractivity contribution is 6.02. The van der Waals surface area contributed by atoms with Crippen LogP contribution in [0, 0.1) is 17.8 Å². The summed E-state index contributed by atoms with van der Waals surface area (Å²) in [6.45, 7) is 5.94. The average Bonchev–Trinajstić information content (AvgIpc) is 2.39. The average molecular weight is 271 g/mol. The van der Waals surface area contributed by atoms with Crippen LogP contribution in [-0.2, 0) is 9.53 Å². The third kappa shape index (κ3) is 4.38. The van der Waals surface area contributed by atoms with Gasteiger partial charge in [-0.15, -0.1) is 0 Å². The topological polar surface area (TPSA) is 88.2 Å². The number of amides is 1. The Morgan fingerprint density at radius 1 is 1.58 bits per heavy atom. The lowest BCUT2D eigenvalue weighted by atomic mass is 9.92. The van der Waals surface area contributed by atoms with Crippen LogP contribution in [0.5, 0.6) is 0 Å². The van der Waals surface area contributed by atoms with E-state index < -0.39 is 5.92 Å². The van der Waals surface area contributed by atoms with Crippen LogP contribution in [0.25, 0.3) is 0 Å². The van der Waals surface area contributed by atoms with Gasteiger partial charge in [-0.2, -0.15) is 0 Å². The normalized spacial score (nSPS) is 22.3.